The Morgan fingerprint density at radius 1 is 1.55 bits per heavy atom. The molecule has 20 heavy (non-hydrogen) atoms. The van der Waals surface area contributed by atoms with Gasteiger partial charge in [-0.1, -0.05) is 28.9 Å². The van der Waals surface area contributed by atoms with Crippen LogP contribution < -0.4 is 5.32 Å². The van der Waals surface area contributed by atoms with Crippen molar-refractivity contribution in [3.8, 4) is 0 Å². The summed E-state index contributed by atoms with van der Waals surface area (Å²) in [5, 5.41) is 3.41. The van der Waals surface area contributed by atoms with Crippen molar-refractivity contribution in [1.29, 1.82) is 0 Å². The van der Waals surface area contributed by atoms with E-state index in [2.05, 4.69) is 28.2 Å². The van der Waals surface area contributed by atoms with Gasteiger partial charge in [-0.2, -0.15) is 0 Å². The highest BCUT2D eigenvalue weighted by atomic mass is 79.9. The Labute approximate surface area is 127 Å². The van der Waals surface area contributed by atoms with Crippen LogP contribution in [0.25, 0.3) is 0 Å². The first-order chi connectivity index (χ1) is 9.47. The minimum Gasteiger partial charge on any atom is -0.343 e. The molecule has 0 radical (unpaired) electrons. The standard InChI is InChI=1S/C15H20BrFN2O/c1-10-9-19(11(2)20)6-5-15(10)18-8-12-3-4-13(16)7-14(12)17/h3-4,7,10,15,18H,5-6,8-9H2,1-2H3/t10-,15-/m1/s1. The molecule has 1 aliphatic heterocycles. The normalized spacial score (nSPS) is 22.9. The fraction of sp³-hybridized carbons (Fsp3) is 0.533. The number of carbonyl (C=O) groups is 1. The maximum atomic E-state index is 13.7. The molecule has 1 fully saturated rings. The molecule has 1 aromatic carbocycles. The van der Waals surface area contributed by atoms with Gasteiger partial charge in [-0.05, 0) is 24.5 Å². The first kappa shape index (κ1) is 15.4. The maximum Gasteiger partial charge on any atom is 0.219 e. The van der Waals surface area contributed by atoms with Gasteiger partial charge >= 0.3 is 0 Å². The van der Waals surface area contributed by atoms with Crippen molar-refractivity contribution >= 4 is 21.8 Å². The molecule has 2 rings (SSSR count). The number of nitrogens with zero attached hydrogens (tertiary/aromatic N) is 1. The zero-order valence-corrected chi connectivity index (χ0v) is 13.4. The van der Waals surface area contributed by atoms with Gasteiger partial charge in [0.1, 0.15) is 5.82 Å². The number of halogens is 2. The Morgan fingerprint density at radius 3 is 2.90 bits per heavy atom. The molecular weight excluding hydrogens is 323 g/mol. The van der Waals surface area contributed by atoms with E-state index in [1.165, 1.54) is 6.07 Å². The van der Waals surface area contributed by atoms with Gasteiger partial charge in [-0.15, -0.1) is 0 Å². The summed E-state index contributed by atoms with van der Waals surface area (Å²) in [7, 11) is 0. The summed E-state index contributed by atoms with van der Waals surface area (Å²) < 4.78 is 14.5. The number of likely N-dealkylation sites (tertiary alicyclic amines) is 1. The average molecular weight is 343 g/mol. The molecule has 1 saturated heterocycles. The number of carbonyl (C=O) groups excluding carboxylic acids is 1. The molecule has 0 unspecified atom stereocenters. The van der Waals surface area contributed by atoms with E-state index in [1.54, 1.807) is 13.0 Å². The van der Waals surface area contributed by atoms with E-state index >= 15 is 0 Å². The fourth-order valence-corrected chi connectivity index (χ4v) is 2.97. The van der Waals surface area contributed by atoms with Crippen LogP contribution in [0.4, 0.5) is 4.39 Å². The van der Waals surface area contributed by atoms with Crippen molar-refractivity contribution in [3.63, 3.8) is 0 Å². The molecule has 5 heteroatoms. The van der Waals surface area contributed by atoms with Crippen molar-refractivity contribution in [3.05, 3.63) is 34.1 Å². The topological polar surface area (TPSA) is 32.3 Å². The highest BCUT2D eigenvalue weighted by Gasteiger charge is 2.26. The van der Waals surface area contributed by atoms with Crippen LogP contribution in [0, 0.1) is 11.7 Å². The fourth-order valence-electron chi connectivity index (χ4n) is 2.64. The molecular formula is C15H20BrFN2O. The SMILES string of the molecule is CC(=O)N1CC[C@@H](NCc2ccc(Br)cc2F)[C@H](C)C1. The van der Waals surface area contributed by atoms with Crippen LogP contribution in [0.1, 0.15) is 25.8 Å². The summed E-state index contributed by atoms with van der Waals surface area (Å²) in [6.45, 7) is 5.81. The Kier molecular flexibility index (Phi) is 5.16. The summed E-state index contributed by atoms with van der Waals surface area (Å²) in [6.07, 6.45) is 0.916. The van der Waals surface area contributed by atoms with Gasteiger partial charge in [0.2, 0.25) is 5.91 Å². The highest BCUT2D eigenvalue weighted by Crippen LogP contribution is 2.19. The van der Waals surface area contributed by atoms with Gasteiger partial charge in [0.15, 0.2) is 0 Å². The lowest BCUT2D eigenvalue weighted by Gasteiger charge is -2.37. The Morgan fingerprint density at radius 2 is 2.30 bits per heavy atom. The minimum absolute atomic E-state index is 0.134. The van der Waals surface area contributed by atoms with Gasteiger partial charge in [0, 0.05) is 42.6 Å². The number of hydrogen-bond acceptors (Lipinski definition) is 2. The van der Waals surface area contributed by atoms with E-state index < -0.39 is 0 Å². The number of rotatable bonds is 3. The number of amides is 1. The van der Waals surface area contributed by atoms with E-state index in [9.17, 15) is 9.18 Å². The predicted octanol–water partition coefficient (Wildman–Crippen LogP) is 2.93. The zero-order chi connectivity index (χ0) is 14.7. The smallest absolute Gasteiger partial charge is 0.219 e. The number of benzene rings is 1. The molecule has 0 spiro atoms. The van der Waals surface area contributed by atoms with E-state index in [4.69, 9.17) is 0 Å². The first-order valence-corrected chi connectivity index (χ1v) is 7.69. The minimum atomic E-state index is -0.194. The summed E-state index contributed by atoms with van der Waals surface area (Å²) in [5.41, 5.74) is 0.675. The lowest BCUT2D eigenvalue weighted by atomic mass is 9.93. The van der Waals surface area contributed by atoms with Crippen molar-refractivity contribution < 1.29 is 9.18 Å². The number of nitrogens with one attached hydrogen (secondary N) is 1. The molecule has 1 N–H and O–H groups in total. The van der Waals surface area contributed by atoms with E-state index in [0.29, 0.717) is 24.1 Å². The predicted molar refractivity (Wildman–Crippen MR) is 80.8 cm³/mol. The summed E-state index contributed by atoms with van der Waals surface area (Å²) in [6, 6.07) is 5.45. The van der Waals surface area contributed by atoms with Crippen LogP contribution in [0.2, 0.25) is 0 Å². The molecule has 0 aliphatic carbocycles. The number of hydrogen-bond donors (Lipinski definition) is 1. The average Bonchev–Trinajstić information content (AvgIpc) is 2.38. The summed E-state index contributed by atoms with van der Waals surface area (Å²) >= 11 is 3.26. The number of piperidine rings is 1. The van der Waals surface area contributed by atoms with Crippen LogP contribution in [-0.4, -0.2) is 29.9 Å². The second-order valence-electron chi connectivity index (χ2n) is 5.45. The summed E-state index contributed by atoms with van der Waals surface area (Å²) in [5.74, 6) is 0.320. The van der Waals surface area contributed by atoms with Crippen LogP contribution in [-0.2, 0) is 11.3 Å². The van der Waals surface area contributed by atoms with Crippen LogP contribution in [0.15, 0.2) is 22.7 Å². The molecule has 1 aliphatic rings. The van der Waals surface area contributed by atoms with Gasteiger partial charge in [0.25, 0.3) is 0 Å². The Hall–Kier alpha value is -0.940. The zero-order valence-electron chi connectivity index (χ0n) is 11.8. The second-order valence-corrected chi connectivity index (χ2v) is 6.37. The van der Waals surface area contributed by atoms with Crippen LogP contribution in [0.3, 0.4) is 0 Å². The van der Waals surface area contributed by atoms with Crippen molar-refractivity contribution in [2.45, 2.75) is 32.9 Å². The lowest BCUT2D eigenvalue weighted by molar-refractivity contribution is -0.130. The molecule has 3 nitrogen and oxygen atoms in total. The van der Waals surface area contributed by atoms with Gasteiger partial charge in [-0.25, -0.2) is 4.39 Å². The van der Waals surface area contributed by atoms with E-state index in [-0.39, 0.29) is 11.7 Å². The quantitative estimate of drug-likeness (QED) is 0.915. The van der Waals surface area contributed by atoms with Crippen molar-refractivity contribution in [1.82, 2.24) is 10.2 Å². The second kappa shape index (κ2) is 6.68. The van der Waals surface area contributed by atoms with Crippen LogP contribution >= 0.6 is 15.9 Å². The first-order valence-electron chi connectivity index (χ1n) is 6.90. The molecule has 2 atom stereocenters. The third kappa shape index (κ3) is 3.79. The maximum absolute atomic E-state index is 13.7. The third-order valence-electron chi connectivity index (χ3n) is 3.92. The monoisotopic (exact) mass is 342 g/mol. The third-order valence-corrected chi connectivity index (χ3v) is 4.41. The van der Waals surface area contributed by atoms with E-state index in [0.717, 1.165) is 24.0 Å². The molecule has 0 bridgehead atoms. The molecule has 1 heterocycles. The largest absolute Gasteiger partial charge is 0.343 e. The Balaban J connectivity index is 1.90. The molecule has 0 saturated carbocycles. The Bertz CT molecular complexity index is 495. The molecule has 110 valence electrons. The van der Waals surface area contributed by atoms with Gasteiger partial charge < -0.3 is 10.2 Å². The molecule has 0 aromatic heterocycles. The highest BCUT2D eigenvalue weighted by molar-refractivity contribution is 9.10. The van der Waals surface area contributed by atoms with Crippen LogP contribution in [0.5, 0.6) is 0 Å². The summed E-state index contributed by atoms with van der Waals surface area (Å²) in [4.78, 5) is 13.2. The molecule has 1 aromatic rings. The van der Waals surface area contributed by atoms with Gasteiger partial charge in [0.05, 0.1) is 0 Å². The molecule has 1 amide bonds. The lowest BCUT2D eigenvalue weighted by Crippen LogP contribution is -2.49. The van der Waals surface area contributed by atoms with E-state index in [1.807, 2.05) is 11.0 Å². The van der Waals surface area contributed by atoms with Crippen molar-refractivity contribution in [2.75, 3.05) is 13.1 Å². The van der Waals surface area contributed by atoms with Crippen molar-refractivity contribution in [2.24, 2.45) is 5.92 Å². The van der Waals surface area contributed by atoms with Gasteiger partial charge in [-0.3, -0.25) is 4.79 Å².